The van der Waals surface area contributed by atoms with E-state index < -0.39 is 0 Å². The molecule has 3 rings (SSSR count). The monoisotopic (exact) mass is 375 g/mol. The lowest BCUT2D eigenvalue weighted by atomic mass is 10.2. The van der Waals surface area contributed by atoms with E-state index in [0.29, 0.717) is 30.0 Å². The van der Waals surface area contributed by atoms with Crippen LogP contribution in [-0.4, -0.2) is 29.9 Å². The van der Waals surface area contributed by atoms with Gasteiger partial charge in [-0.3, -0.25) is 15.2 Å². The Labute approximate surface area is 163 Å². The molecule has 0 saturated heterocycles. The molecule has 1 amide bonds. The lowest BCUT2D eigenvalue weighted by molar-refractivity contribution is 0.0947. The van der Waals surface area contributed by atoms with Gasteiger partial charge in [-0.25, -0.2) is 0 Å². The molecule has 1 aromatic heterocycles. The van der Waals surface area contributed by atoms with Crippen LogP contribution in [0, 0.1) is 5.41 Å². The quantitative estimate of drug-likeness (QED) is 0.275. The second-order valence-corrected chi connectivity index (χ2v) is 5.98. The predicted octanol–water partition coefficient (Wildman–Crippen LogP) is 2.92. The molecular weight excluding hydrogens is 354 g/mol. The van der Waals surface area contributed by atoms with Crippen molar-refractivity contribution in [1.29, 1.82) is 5.41 Å². The van der Waals surface area contributed by atoms with Crippen molar-refractivity contribution in [3.05, 3.63) is 84.2 Å². The van der Waals surface area contributed by atoms with Crippen LogP contribution in [0.5, 0.6) is 5.75 Å². The van der Waals surface area contributed by atoms with Crippen molar-refractivity contribution >= 4 is 23.1 Å². The van der Waals surface area contributed by atoms with E-state index in [0.717, 1.165) is 11.4 Å². The highest BCUT2D eigenvalue weighted by atomic mass is 16.5. The molecule has 142 valence electrons. The van der Waals surface area contributed by atoms with Crippen LogP contribution in [-0.2, 0) is 0 Å². The van der Waals surface area contributed by atoms with Crippen molar-refractivity contribution < 1.29 is 9.53 Å². The smallest absolute Gasteiger partial charge is 0.251 e. The first-order valence-electron chi connectivity index (χ1n) is 8.74. The molecule has 0 bridgehead atoms. The number of nitrogen functional groups attached to an aromatic ring is 1. The van der Waals surface area contributed by atoms with Crippen LogP contribution >= 0.6 is 0 Å². The second kappa shape index (κ2) is 9.18. The molecule has 0 radical (unpaired) electrons. The molecule has 5 N–H and O–H groups in total. The van der Waals surface area contributed by atoms with Crippen molar-refractivity contribution in [3.63, 3.8) is 0 Å². The number of ether oxygens (including phenoxy) is 1. The van der Waals surface area contributed by atoms with Crippen molar-refractivity contribution in [2.45, 2.75) is 0 Å². The summed E-state index contributed by atoms with van der Waals surface area (Å²) in [5.41, 5.74) is 8.44. The minimum absolute atomic E-state index is 0.0133. The van der Waals surface area contributed by atoms with E-state index in [1.807, 2.05) is 24.3 Å². The molecule has 1 heterocycles. The highest BCUT2D eigenvalue weighted by Crippen LogP contribution is 2.16. The van der Waals surface area contributed by atoms with Gasteiger partial charge in [-0.05, 0) is 48.5 Å². The zero-order valence-electron chi connectivity index (χ0n) is 15.2. The fourth-order valence-electron chi connectivity index (χ4n) is 2.50. The first kappa shape index (κ1) is 18.9. The van der Waals surface area contributed by atoms with E-state index in [4.69, 9.17) is 15.9 Å². The number of carbonyl (C=O) groups excluding carboxylic acids is 1. The van der Waals surface area contributed by atoms with Crippen molar-refractivity contribution in [3.8, 4) is 5.75 Å². The Morgan fingerprint density at radius 2 is 1.71 bits per heavy atom. The molecule has 0 unspecified atom stereocenters. The normalized spacial score (nSPS) is 10.1. The van der Waals surface area contributed by atoms with Crippen LogP contribution in [0.1, 0.15) is 15.9 Å². The van der Waals surface area contributed by atoms with Gasteiger partial charge < -0.3 is 21.1 Å². The minimum Gasteiger partial charge on any atom is -0.492 e. The van der Waals surface area contributed by atoms with E-state index in [9.17, 15) is 4.79 Å². The van der Waals surface area contributed by atoms with Crippen LogP contribution in [0.25, 0.3) is 0 Å². The second-order valence-electron chi connectivity index (χ2n) is 5.98. The molecule has 7 heteroatoms. The Hall–Kier alpha value is -3.87. The van der Waals surface area contributed by atoms with Gasteiger partial charge in [0.25, 0.3) is 5.91 Å². The molecule has 0 aliphatic heterocycles. The van der Waals surface area contributed by atoms with Gasteiger partial charge in [0.2, 0.25) is 0 Å². The lowest BCUT2D eigenvalue weighted by Gasteiger charge is -2.10. The van der Waals surface area contributed by atoms with Gasteiger partial charge in [0, 0.05) is 34.9 Å². The molecule has 0 spiro atoms. The topological polar surface area (TPSA) is 113 Å². The third-order valence-electron chi connectivity index (χ3n) is 3.92. The summed E-state index contributed by atoms with van der Waals surface area (Å²) in [5, 5.41) is 13.5. The number of anilines is 2. The number of nitrogens with zero attached hydrogens (tertiary/aromatic N) is 1. The van der Waals surface area contributed by atoms with Crippen LogP contribution in [0.4, 0.5) is 11.4 Å². The number of aromatic nitrogens is 1. The summed E-state index contributed by atoms with van der Waals surface area (Å²) in [6.45, 7) is 0.676. The Kier molecular flexibility index (Phi) is 6.20. The SMILES string of the molecule is N=C(N)c1cccc(OCCNC(=O)c2ccc(Nc3ccncc3)cc2)c1. The first-order chi connectivity index (χ1) is 13.6. The number of benzene rings is 2. The number of carbonyl (C=O) groups is 1. The molecule has 28 heavy (non-hydrogen) atoms. The predicted molar refractivity (Wildman–Crippen MR) is 109 cm³/mol. The van der Waals surface area contributed by atoms with Gasteiger partial charge in [0.15, 0.2) is 0 Å². The number of hydrogen-bond donors (Lipinski definition) is 4. The largest absolute Gasteiger partial charge is 0.492 e. The first-order valence-corrected chi connectivity index (χ1v) is 8.74. The van der Waals surface area contributed by atoms with E-state index >= 15 is 0 Å². The maximum atomic E-state index is 12.2. The Balaban J connectivity index is 1.46. The summed E-state index contributed by atoms with van der Waals surface area (Å²) < 4.78 is 5.59. The Bertz CT molecular complexity index is 943. The molecule has 0 aliphatic rings. The van der Waals surface area contributed by atoms with Crippen molar-refractivity contribution in [2.75, 3.05) is 18.5 Å². The average molecular weight is 375 g/mol. The maximum Gasteiger partial charge on any atom is 0.251 e. The fourth-order valence-corrected chi connectivity index (χ4v) is 2.50. The van der Waals surface area contributed by atoms with E-state index in [-0.39, 0.29) is 11.7 Å². The molecule has 0 fully saturated rings. The molecule has 7 nitrogen and oxygen atoms in total. The minimum atomic E-state index is -0.170. The molecule has 0 atom stereocenters. The summed E-state index contributed by atoms with van der Waals surface area (Å²) in [6, 6.07) is 17.9. The zero-order chi connectivity index (χ0) is 19.8. The zero-order valence-corrected chi connectivity index (χ0v) is 15.2. The van der Waals surface area contributed by atoms with E-state index in [2.05, 4.69) is 15.6 Å². The highest BCUT2D eigenvalue weighted by Gasteiger charge is 2.05. The molecular formula is C21H21N5O2. The van der Waals surface area contributed by atoms with Crippen molar-refractivity contribution in [1.82, 2.24) is 10.3 Å². The number of amides is 1. The van der Waals surface area contributed by atoms with E-state index in [1.54, 1.807) is 48.8 Å². The van der Waals surface area contributed by atoms with Crippen LogP contribution < -0.4 is 21.1 Å². The number of rotatable bonds is 8. The summed E-state index contributed by atoms with van der Waals surface area (Å²) in [5.74, 6) is 0.422. The van der Waals surface area contributed by atoms with Crippen LogP contribution in [0.2, 0.25) is 0 Å². The maximum absolute atomic E-state index is 12.2. The van der Waals surface area contributed by atoms with Gasteiger partial charge in [-0.1, -0.05) is 12.1 Å². The summed E-state index contributed by atoms with van der Waals surface area (Å²) in [7, 11) is 0. The highest BCUT2D eigenvalue weighted by molar-refractivity contribution is 5.95. The number of nitrogens with one attached hydrogen (secondary N) is 3. The average Bonchev–Trinajstić information content (AvgIpc) is 2.72. The van der Waals surface area contributed by atoms with Gasteiger partial charge in [0.1, 0.15) is 18.2 Å². The summed E-state index contributed by atoms with van der Waals surface area (Å²) >= 11 is 0. The van der Waals surface area contributed by atoms with Gasteiger partial charge in [-0.15, -0.1) is 0 Å². The molecule has 3 aromatic rings. The summed E-state index contributed by atoms with van der Waals surface area (Å²) in [6.07, 6.45) is 3.42. The van der Waals surface area contributed by atoms with Gasteiger partial charge in [0.05, 0.1) is 6.54 Å². The lowest BCUT2D eigenvalue weighted by Crippen LogP contribution is -2.28. The van der Waals surface area contributed by atoms with Gasteiger partial charge >= 0.3 is 0 Å². The standard InChI is InChI=1S/C21H21N5O2/c22-20(23)16-2-1-3-19(14-16)28-13-12-25-21(27)15-4-6-17(7-5-15)26-18-8-10-24-11-9-18/h1-11,14H,12-13H2,(H3,22,23)(H,24,26)(H,25,27). The summed E-state index contributed by atoms with van der Waals surface area (Å²) in [4.78, 5) is 16.2. The van der Waals surface area contributed by atoms with Gasteiger partial charge in [-0.2, -0.15) is 0 Å². The Morgan fingerprint density at radius 1 is 1.00 bits per heavy atom. The van der Waals surface area contributed by atoms with Crippen molar-refractivity contribution in [2.24, 2.45) is 5.73 Å². The fraction of sp³-hybridized carbons (Fsp3) is 0.0952. The number of pyridine rings is 1. The number of amidine groups is 1. The third kappa shape index (κ3) is 5.31. The van der Waals surface area contributed by atoms with E-state index in [1.165, 1.54) is 0 Å². The number of nitrogens with two attached hydrogens (primary N) is 1. The molecule has 2 aromatic carbocycles. The van der Waals surface area contributed by atoms with Crippen LogP contribution in [0.15, 0.2) is 73.1 Å². The van der Waals surface area contributed by atoms with Crippen LogP contribution in [0.3, 0.4) is 0 Å². The molecule has 0 saturated carbocycles. The molecule has 0 aliphatic carbocycles. The Morgan fingerprint density at radius 3 is 2.43 bits per heavy atom. The number of hydrogen-bond acceptors (Lipinski definition) is 5. The third-order valence-corrected chi connectivity index (χ3v) is 3.92.